The summed E-state index contributed by atoms with van der Waals surface area (Å²) in [6.07, 6.45) is 5.56. The molecule has 1 aromatic carbocycles. The summed E-state index contributed by atoms with van der Waals surface area (Å²) in [7, 11) is 2.09. The molecule has 1 saturated heterocycles. The van der Waals surface area contributed by atoms with E-state index in [0.717, 1.165) is 26.2 Å². The summed E-state index contributed by atoms with van der Waals surface area (Å²) in [5.41, 5.74) is 1.07. The molecule has 1 aliphatic heterocycles. The van der Waals surface area contributed by atoms with Crippen LogP contribution < -0.4 is 10.6 Å². The quantitative estimate of drug-likeness (QED) is 0.320. The Balaban J connectivity index is 1.29. The van der Waals surface area contributed by atoms with Gasteiger partial charge in [0.05, 0.1) is 23.2 Å². The molecule has 0 saturated carbocycles. The monoisotopic (exact) mass is 527 g/mol. The van der Waals surface area contributed by atoms with Crippen molar-refractivity contribution >= 4 is 51.7 Å². The minimum absolute atomic E-state index is 0.0105. The van der Waals surface area contributed by atoms with Crippen molar-refractivity contribution < 1.29 is 18.7 Å². The molecule has 0 radical (unpaired) electrons. The number of amides is 1. The number of aromatic nitrogens is 3. The van der Waals surface area contributed by atoms with Crippen LogP contribution in [0, 0.1) is 5.82 Å². The molecule has 3 aromatic rings. The van der Waals surface area contributed by atoms with Gasteiger partial charge in [-0.1, -0.05) is 17.7 Å². The van der Waals surface area contributed by atoms with Crippen LogP contribution >= 0.6 is 11.6 Å². The predicted molar refractivity (Wildman–Crippen MR) is 139 cm³/mol. The molecule has 194 valence electrons. The molecule has 3 heterocycles. The van der Waals surface area contributed by atoms with Crippen molar-refractivity contribution in [2.24, 2.45) is 0 Å². The molecule has 0 spiro atoms. The Kier molecular flexibility index (Phi) is 8.94. The van der Waals surface area contributed by atoms with Gasteiger partial charge in [0.15, 0.2) is 0 Å². The first-order valence-corrected chi connectivity index (χ1v) is 12.1. The van der Waals surface area contributed by atoms with E-state index in [9.17, 15) is 14.0 Å². The molecule has 1 fully saturated rings. The minimum Gasteiger partial charge on any atom is -0.464 e. The number of ether oxygens (including phenoxy) is 1. The van der Waals surface area contributed by atoms with E-state index >= 15 is 0 Å². The number of nitrogens with one attached hydrogen (secondary N) is 2. The average Bonchev–Trinajstić information content (AvgIpc) is 2.88. The van der Waals surface area contributed by atoms with Crippen LogP contribution in [0.2, 0.25) is 5.02 Å². The Bertz CT molecular complexity index is 1300. The summed E-state index contributed by atoms with van der Waals surface area (Å²) in [4.78, 5) is 41.4. The van der Waals surface area contributed by atoms with Gasteiger partial charge >= 0.3 is 5.97 Å². The molecule has 0 aliphatic carbocycles. The number of carbonyl (C=O) groups excluding carboxylic acids is 2. The first kappa shape index (κ1) is 26.4. The van der Waals surface area contributed by atoms with Crippen LogP contribution in [0.3, 0.4) is 0 Å². The fraction of sp³-hybridized carbons (Fsp3) is 0.320. The number of hydrogen-bond acceptors (Lipinski definition) is 9. The van der Waals surface area contributed by atoms with Crippen LogP contribution in [-0.4, -0.2) is 83.0 Å². The molecule has 1 aliphatic rings. The molecule has 1 amide bonds. The van der Waals surface area contributed by atoms with E-state index in [1.165, 1.54) is 42.9 Å². The van der Waals surface area contributed by atoms with Crippen LogP contribution in [0.4, 0.5) is 21.7 Å². The van der Waals surface area contributed by atoms with Crippen molar-refractivity contribution in [3.05, 3.63) is 59.8 Å². The summed E-state index contributed by atoms with van der Waals surface area (Å²) in [5, 5.41) is 6.28. The third-order valence-corrected chi connectivity index (χ3v) is 6.07. The van der Waals surface area contributed by atoms with Gasteiger partial charge in [-0.25, -0.2) is 19.3 Å². The molecule has 12 heteroatoms. The Hall–Kier alpha value is -3.67. The van der Waals surface area contributed by atoms with Gasteiger partial charge in [0, 0.05) is 43.8 Å². The van der Waals surface area contributed by atoms with E-state index in [1.54, 1.807) is 6.07 Å². The number of pyridine rings is 1. The van der Waals surface area contributed by atoms with Gasteiger partial charge in [0.1, 0.15) is 30.4 Å². The minimum atomic E-state index is -0.527. The maximum absolute atomic E-state index is 13.5. The number of rotatable bonds is 9. The number of likely N-dealkylation sites (N-methyl/N-ethyl adjacent to an activating group) is 1. The first-order chi connectivity index (χ1) is 17.9. The summed E-state index contributed by atoms with van der Waals surface area (Å²) in [6, 6.07) is 5.83. The second-order valence-corrected chi connectivity index (χ2v) is 8.93. The number of halogens is 2. The number of carbonyl (C=O) groups is 2. The maximum Gasteiger partial charge on any atom is 0.309 e. The molecular formula is C25H27ClFN7O3. The lowest BCUT2D eigenvalue weighted by Gasteiger charge is -2.31. The highest BCUT2D eigenvalue weighted by atomic mass is 35.5. The van der Waals surface area contributed by atoms with E-state index in [0.29, 0.717) is 35.6 Å². The van der Waals surface area contributed by atoms with Gasteiger partial charge < -0.3 is 20.3 Å². The van der Waals surface area contributed by atoms with Crippen LogP contribution in [0.15, 0.2) is 48.9 Å². The molecule has 2 N–H and O–H groups in total. The van der Waals surface area contributed by atoms with Crippen molar-refractivity contribution in [2.75, 3.05) is 57.0 Å². The predicted octanol–water partition coefficient (Wildman–Crippen LogP) is 3.24. The second-order valence-electron chi connectivity index (χ2n) is 8.52. The Morgan fingerprint density at radius 3 is 2.76 bits per heavy atom. The summed E-state index contributed by atoms with van der Waals surface area (Å²) >= 11 is 5.86. The fourth-order valence-electron chi connectivity index (χ4n) is 3.69. The first-order valence-electron chi connectivity index (χ1n) is 11.7. The van der Waals surface area contributed by atoms with E-state index in [2.05, 4.69) is 42.4 Å². The normalized spacial score (nSPS) is 14.7. The highest BCUT2D eigenvalue weighted by Gasteiger charge is 2.14. The number of benzene rings is 1. The van der Waals surface area contributed by atoms with E-state index in [1.807, 2.05) is 0 Å². The van der Waals surface area contributed by atoms with Crippen LogP contribution in [0.1, 0.15) is 6.42 Å². The lowest BCUT2D eigenvalue weighted by atomic mass is 10.2. The molecule has 37 heavy (non-hydrogen) atoms. The van der Waals surface area contributed by atoms with Crippen LogP contribution in [0.5, 0.6) is 0 Å². The van der Waals surface area contributed by atoms with Crippen molar-refractivity contribution in [1.82, 2.24) is 24.8 Å². The fourth-order valence-corrected chi connectivity index (χ4v) is 3.87. The van der Waals surface area contributed by atoms with E-state index < -0.39 is 17.7 Å². The van der Waals surface area contributed by atoms with Crippen molar-refractivity contribution in [3.63, 3.8) is 0 Å². The van der Waals surface area contributed by atoms with Crippen LogP contribution in [-0.2, 0) is 14.3 Å². The highest BCUT2D eigenvalue weighted by molar-refractivity contribution is 6.31. The zero-order chi connectivity index (χ0) is 26.2. The zero-order valence-corrected chi connectivity index (χ0v) is 21.0. The zero-order valence-electron chi connectivity index (χ0n) is 20.3. The molecular weight excluding hydrogens is 501 g/mol. The van der Waals surface area contributed by atoms with Gasteiger partial charge in [-0.3, -0.25) is 14.5 Å². The smallest absolute Gasteiger partial charge is 0.309 e. The molecule has 0 atom stereocenters. The number of anilines is 3. The lowest BCUT2D eigenvalue weighted by molar-refractivity contribution is -0.143. The van der Waals surface area contributed by atoms with Gasteiger partial charge in [-0.05, 0) is 37.4 Å². The third kappa shape index (κ3) is 7.66. The van der Waals surface area contributed by atoms with Crippen LogP contribution in [0.25, 0.3) is 10.9 Å². The lowest BCUT2D eigenvalue weighted by Crippen LogP contribution is -2.45. The van der Waals surface area contributed by atoms with Gasteiger partial charge in [0.25, 0.3) is 0 Å². The number of esters is 1. The molecule has 0 bridgehead atoms. The topological polar surface area (TPSA) is 113 Å². The van der Waals surface area contributed by atoms with Gasteiger partial charge in [-0.15, -0.1) is 0 Å². The summed E-state index contributed by atoms with van der Waals surface area (Å²) in [5.74, 6) is -0.669. The number of fused-ring (bicyclic) bond motifs is 1. The number of piperazine rings is 1. The average molecular weight is 528 g/mol. The van der Waals surface area contributed by atoms with Crippen molar-refractivity contribution in [1.29, 1.82) is 0 Å². The molecule has 2 aromatic heterocycles. The van der Waals surface area contributed by atoms with Crippen molar-refractivity contribution in [3.8, 4) is 0 Å². The molecule has 0 unspecified atom stereocenters. The van der Waals surface area contributed by atoms with E-state index in [4.69, 9.17) is 16.3 Å². The Labute approximate surface area is 218 Å². The Morgan fingerprint density at radius 2 is 1.97 bits per heavy atom. The maximum atomic E-state index is 13.5. The summed E-state index contributed by atoms with van der Waals surface area (Å²) < 4.78 is 18.7. The van der Waals surface area contributed by atoms with Gasteiger partial charge in [-0.2, -0.15) is 0 Å². The number of hydrogen-bond donors (Lipinski definition) is 2. The van der Waals surface area contributed by atoms with E-state index in [-0.39, 0.29) is 17.3 Å². The second kappa shape index (κ2) is 12.5. The number of nitrogens with zero attached hydrogens (tertiary/aromatic N) is 5. The Morgan fingerprint density at radius 1 is 1.16 bits per heavy atom. The largest absolute Gasteiger partial charge is 0.464 e. The summed E-state index contributed by atoms with van der Waals surface area (Å²) in [6.45, 7) is 4.96. The standard InChI is InChI=1S/C25H27ClFN7O3/c1-33-7-9-34(10-8-33)11-12-37-24(36)4-2-3-23(35)32-22-14-18-21(15-28-22)29-16-30-25(18)31-17-5-6-20(27)19(26)13-17/h2-3,5-6,13-16H,4,7-12H2,1H3,(H,28,32,35)(H,29,30,31). The third-order valence-electron chi connectivity index (χ3n) is 5.78. The van der Waals surface area contributed by atoms with Crippen molar-refractivity contribution in [2.45, 2.75) is 6.42 Å². The van der Waals surface area contributed by atoms with Gasteiger partial charge in [0.2, 0.25) is 5.91 Å². The molecule has 4 rings (SSSR count). The highest BCUT2D eigenvalue weighted by Crippen LogP contribution is 2.26. The molecule has 10 nitrogen and oxygen atoms in total. The SMILES string of the molecule is CN1CCN(CCOC(=O)CC=CC(=O)Nc2cc3c(Nc4ccc(F)c(Cl)c4)ncnc3cn2)CC1.